The Morgan fingerprint density at radius 3 is 1.13 bits per heavy atom. The first-order chi connectivity index (χ1) is 6.54. The van der Waals surface area contributed by atoms with Crippen LogP contribution in [0, 0.1) is 0 Å². The van der Waals surface area contributed by atoms with E-state index in [-0.39, 0.29) is 18.1 Å². The van der Waals surface area contributed by atoms with E-state index < -0.39 is 0 Å². The zero-order chi connectivity index (χ0) is 12.0. The number of ether oxygens (including phenoxy) is 2. The lowest BCUT2D eigenvalue weighted by Crippen LogP contribution is -1.95. The predicted octanol–water partition coefficient (Wildman–Crippen LogP) is 0.909. The van der Waals surface area contributed by atoms with Gasteiger partial charge in [-0.3, -0.25) is 9.59 Å². The Balaban J connectivity index is -0.0000000653. The van der Waals surface area contributed by atoms with Crippen molar-refractivity contribution in [1.29, 1.82) is 0 Å². The zero-order valence-corrected chi connectivity index (χ0v) is 10.2. The Kier molecular flexibility index (Phi) is 36.2. The van der Waals surface area contributed by atoms with E-state index in [9.17, 15) is 9.59 Å². The number of rotatable bonds is 2. The van der Waals surface area contributed by atoms with Gasteiger partial charge in [0.15, 0.2) is 0 Å². The predicted molar refractivity (Wildman–Crippen MR) is 57.8 cm³/mol. The Morgan fingerprint density at radius 2 is 1.13 bits per heavy atom. The fraction of sp³-hybridized carbons (Fsp3) is 0.778. The van der Waals surface area contributed by atoms with E-state index in [1.807, 2.05) is 0 Å². The third kappa shape index (κ3) is 64.2. The molecular formula is C9H23NO5. The van der Waals surface area contributed by atoms with Gasteiger partial charge in [0.05, 0.1) is 13.2 Å². The van der Waals surface area contributed by atoms with Crippen LogP contribution in [0.25, 0.3) is 0 Å². The largest absolute Gasteiger partial charge is 0.466 e. The number of aliphatic hydroxyl groups excluding tert-OH is 1. The third-order valence-corrected chi connectivity index (χ3v) is 0.695. The summed E-state index contributed by atoms with van der Waals surface area (Å²) in [6.45, 7) is 7.31. The van der Waals surface area contributed by atoms with Gasteiger partial charge in [0.25, 0.3) is 0 Å². The summed E-state index contributed by atoms with van der Waals surface area (Å²) < 4.78 is 8.81. The minimum Gasteiger partial charge on any atom is -0.466 e. The zero-order valence-electron chi connectivity index (χ0n) is 10.2. The van der Waals surface area contributed by atoms with E-state index in [1.165, 1.54) is 13.8 Å². The molecule has 15 heavy (non-hydrogen) atoms. The Labute approximate surface area is 91.2 Å². The summed E-state index contributed by atoms with van der Waals surface area (Å²) in [6, 6.07) is 0. The molecule has 4 N–H and O–H groups in total. The fourth-order valence-electron chi connectivity index (χ4n) is 0.407. The van der Waals surface area contributed by atoms with E-state index >= 15 is 0 Å². The van der Waals surface area contributed by atoms with Crippen LogP contribution < -0.4 is 6.15 Å². The van der Waals surface area contributed by atoms with Crippen LogP contribution in [0.2, 0.25) is 0 Å². The molecule has 94 valence electrons. The summed E-state index contributed by atoms with van der Waals surface area (Å²) in [6.07, 6.45) is 0. The first-order valence-electron chi connectivity index (χ1n) is 4.26. The standard InChI is InChI=1S/2C4H8O2.CH4O.H3N/c2*1-3-6-4(2)5;1-2;/h2*3H2,1-2H3;2H,1H3;1H3. The maximum atomic E-state index is 9.82. The van der Waals surface area contributed by atoms with Gasteiger partial charge in [-0.2, -0.15) is 0 Å². The molecule has 0 saturated heterocycles. The highest BCUT2D eigenvalue weighted by Gasteiger charge is 1.82. The molecule has 0 fully saturated rings. The van der Waals surface area contributed by atoms with E-state index in [4.69, 9.17) is 5.11 Å². The van der Waals surface area contributed by atoms with Crippen molar-refractivity contribution in [2.24, 2.45) is 0 Å². The number of hydrogen-bond donors (Lipinski definition) is 2. The lowest BCUT2D eigenvalue weighted by atomic mass is 10.8. The van der Waals surface area contributed by atoms with Crippen molar-refractivity contribution in [2.45, 2.75) is 27.7 Å². The molecule has 0 aromatic rings. The highest BCUT2D eigenvalue weighted by Crippen LogP contribution is 1.70. The summed E-state index contributed by atoms with van der Waals surface area (Å²) in [5, 5.41) is 7.00. The molecule has 0 spiro atoms. The highest BCUT2D eigenvalue weighted by molar-refractivity contribution is 5.66. The number of carbonyl (C=O) groups excluding carboxylic acids is 2. The van der Waals surface area contributed by atoms with Gasteiger partial charge < -0.3 is 20.7 Å². The molecule has 0 aromatic carbocycles. The number of esters is 2. The van der Waals surface area contributed by atoms with Crippen molar-refractivity contribution >= 4 is 11.9 Å². The average Bonchev–Trinajstić information content (AvgIpc) is 2.08. The van der Waals surface area contributed by atoms with Gasteiger partial charge in [-0.1, -0.05) is 0 Å². The Morgan fingerprint density at radius 1 is 0.933 bits per heavy atom. The number of aliphatic hydroxyl groups is 1. The minimum atomic E-state index is -0.211. The first kappa shape index (κ1) is 23.6. The summed E-state index contributed by atoms with van der Waals surface area (Å²) >= 11 is 0. The van der Waals surface area contributed by atoms with E-state index in [0.717, 1.165) is 7.11 Å². The molecule has 0 bridgehead atoms. The summed E-state index contributed by atoms with van der Waals surface area (Å²) in [7, 11) is 1.00. The molecule has 0 rings (SSSR count). The quantitative estimate of drug-likeness (QED) is 0.676. The van der Waals surface area contributed by atoms with Crippen molar-refractivity contribution in [2.75, 3.05) is 20.3 Å². The van der Waals surface area contributed by atoms with Crippen molar-refractivity contribution in [1.82, 2.24) is 6.15 Å². The summed E-state index contributed by atoms with van der Waals surface area (Å²) in [4.78, 5) is 19.6. The Hall–Kier alpha value is -1.14. The van der Waals surface area contributed by atoms with Crippen LogP contribution in [0.3, 0.4) is 0 Å². The lowest BCUT2D eigenvalue weighted by molar-refractivity contribution is -0.141. The summed E-state index contributed by atoms with van der Waals surface area (Å²) in [5.41, 5.74) is 0. The van der Waals surface area contributed by atoms with Gasteiger partial charge in [-0.15, -0.1) is 0 Å². The molecule has 0 aromatic heterocycles. The number of hydrogen-bond acceptors (Lipinski definition) is 6. The van der Waals surface area contributed by atoms with Gasteiger partial charge in [-0.05, 0) is 13.8 Å². The van der Waals surface area contributed by atoms with Crippen molar-refractivity contribution < 1.29 is 24.2 Å². The molecule has 0 heterocycles. The van der Waals surface area contributed by atoms with Crippen LogP contribution in [0.1, 0.15) is 27.7 Å². The molecule has 0 atom stereocenters. The molecule has 0 saturated carbocycles. The molecule has 6 heteroatoms. The second-order valence-corrected chi connectivity index (χ2v) is 1.85. The van der Waals surface area contributed by atoms with E-state index in [0.29, 0.717) is 13.2 Å². The second kappa shape index (κ2) is 23.0. The molecule has 0 unspecified atom stereocenters. The van der Waals surface area contributed by atoms with Gasteiger partial charge in [-0.25, -0.2) is 0 Å². The first-order valence-corrected chi connectivity index (χ1v) is 4.26. The normalized spacial score (nSPS) is 6.53. The lowest BCUT2D eigenvalue weighted by Gasteiger charge is -1.89. The Bertz CT molecular complexity index is 122. The van der Waals surface area contributed by atoms with Crippen molar-refractivity contribution in [3.05, 3.63) is 0 Å². The third-order valence-electron chi connectivity index (χ3n) is 0.695. The molecule has 0 aliphatic heterocycles. The fourth-order valence-corrected chi connectivity index (χ4v) is 0.407. The van der Waals surface area contributed by atoms with Crippen LogP contribution in [-0.4, -0.2) is 37.4 Å². The van der Waals surface area contributed by atoms with Gasteiger partial charge >= 0.3 is 11.9 Å². The maximum absolute atomic E-state index is 9.82. The van der Waals surface area contributed by atoms with Crippen LogP contribution in [0.4, 0.5) is 0 Å². The van der Waals surface area contributed by atoms with E-state index in [2.05, 4.69) is 9.47 Å². The van der Waals surface area contributed by atoms with Crippen molar-refractivity contribution in [3.8, 4) is 0 Å². The van der Waals surface area contributed by atoms with Crippen LogP contribution in [0.15, 0.2) is 0 Å². The van der Waals surface area contributed by atoms with Crippen LogP contribution >= 0.6 is 0 Å². The molecule has 0 radical (unpaired) electrons. The smallest absolute Gasteiger partial charge is 0.302 e. The molecular weight excluding hydrogens is 202 g/mol. The van der Waals surface area contributed by atoms with E-state index in [1.54, 1.807) is 13.8 Å². The average molecular weight is 225 g/mol. The van der Waals surface area contributed by atoms with Crippen LogP contribution in [0.5, 0.6) is 0 Å². The molecule has 0 amide bonds. The minimum absolute atomic E-state index is 0. The van der Waals surface area contributed by atoms with Gasteiger partial charge in [0, 0.05) is 21.0 Å². The second-order valence-electron chi connectivity index (χ2n) is 1.85. The molecule has 0 aliphatic carbocycles. The molecule has 0 aliphatic rings. The number of carbonyl (C=O) groups is 2. The SMILES string of the molecule is CCOC(C)=O.CCOC(C)=O.CO.N. The van der Waals surface area contributed by atoms with Gasteiger partial charge in [0.1, 0.15) is 0 Å². The van der Waals surface area contributed by atoms with Crippen molar-refractivity contribution in [3.63, 3.8) is 0 Å². The highest BCUT2D eigenvalue weighted by atomic mass is 16.5. The van der Waals surface area contributed by atoms with Crippen LogP contribution in [-0.2, 0) is 19.1 Å². The molecule has 6 nitrogen and oxygen atoms in total. The summed E-state index contributed by atoms with van der Waals surface area (Å²) in [5.74, 6) is -0.421. The van der Waals surface area contributed by atoms with Gasteiger partial charge in [0.2, 0.25) is 0 Å². The topological polar surface area (TPSA) is 108 Å². The maximum Gasteiger partial charge on any atom is 0.302 e. The monoisotopic (exact) mass is 225 g/mol.